The number of rotatable bonds is 3. The molecule has 2 aromatic rings. The minimum Gasteiger partial charge on any atom is -0.334 e. The average molecular weight is 271 g/mol. The third-order valence-corrected chi connectivity index (χ3v) is 3.69. The Morgan fingerprint density at radius 1 is 1.45 bits per heavy atom. The van der Waals surface area contributed by atoms with E-state index in [-0.39, 0.29) is 18.5 Å². The van der Waals surface area contributed by atoms with Gasteiger partial charge >= 0.3 is 0 Å². The van der Waals surface area contributed by atoms with E-state index in [1.165, 1.54) is 22.1 Å². The third-order valence-electron chi connectivity index (χ3n) is 3.69. The predicted octanol–water partition coefficient (Wildman–Crippen LogP) is 1.35. The van der Waals surface area contributed by atoms with Crippen LogP contribution in [0.3, 0.4) is 0 Å². The van der Waals surface area contributed by atoms with Gasteiger partial charge in [-0.15, -0.1) is 5.10 Å². The molecule has 1 atom stereocenters. The lowest BCUT2D eigenvalue weighted by Crippen LogP contribution is -2.33. The Morgan fingerprint density at radius 3 is 3.10 bits per heavy atom. The van der Waals surface area contributed by atoms with Crippen molar-refractivity contribution in [2.45, 2.75) is 32.4 Å². The second kappa shape index (κ2) is 5.40. The van der Waals surface area contributed by atoms with Crippen molar-refractivity contribution in [3.8, 4) is 0 Å². The maximum atomic E-state index is 12.4. The van der Waals surface area contributed by atoms with Crippen molar-refractivity contribution in [2.24, 2.45) is 0 Å². The number of hydrogen-bond donors (Lipinski definition) is 0. The molecule has 1 saturated heterocycles. The zero-order chi connectivity index (χ0) is 13.9. The van der Waals surface area contributed by atoms with Crippen LogP contribution in [0.2, 0.25) is 0 Å². The Balaban J connectivity index is 1.77. The molecule has 3 rings (SSSR count). The van der Waals surface area contributed by atoms with Gasteiger partial charge in [0, 0.05) is 6.54 Å². The standard InChI is InChI=1S/C14H17N5O/c1-11-4-2-5-12(8-11)13-6-3-7-19(13)14(20)9-18-10-15-16-17-18/h2,4-5,8,10,13H,3,6-7,9H2,1H3. The minimum atomic E-state index is 0.0707. The molecule has 6 nitrogen and oxygen atoms in total. The van der Waals surface area contributed by atoms with Gasteiger partial charge in [0.05, 0.1) is 6.04 Å². The monoisotopic (exact) mass is 271 g/mol. The zero-order valence-electron chi connectivity index (χ0n) is 11.4. The molecule has 0 saturated carbocycles. The van der Waals surface area contributed by atoms with Crippen molar-refractivity contribution in [1.29, 1.82) is 0 Å². The zero-order valence-corrected chi connectivity index (χ0v) is 11.4. The second-order valence-electron chi connectivity index (χ2n) is 5.17. The summed E-state index contributed by atoms with van der Waals surface area (Å²) < 4.78 is 1.47. The van der Waals surface area contributed by atoms with Gasteiger partial charge < -0.3 is 4.90 Å². The number of aromatic nitrogens is 4. The van der Waals surface area contributed by atoms with E-state index in [4.69, 9.17) is 0 Å². The molecule has 20 heavy (non-hydrogen) atoms. The first-order valence-corrected chi connectivity index (χ1v) is 6.81. The molecule has 1 unspecified atom stereocenters. The van der Waals surface area contributed by atoms with Gasteiger partial charge in [-0.2, -0.15) is 0 Å². The van der Waals surface area contributed by atoms with Crippen molar-refractivity contribution in [3.05, 3.63) is 41.7 Å². The molecule has 1 amide bonds. The normalized spacial score (nSPS) is 18.4. The molecule has 1 aliphatic heterocycles. The highest BCUT2D eigenvalue weighted by molar-refractivity contribution is 5.76. The van der Waals surface area contributed by atoms with Crippen LogP contribution in [0.25, 0.3) is 0 Å². The topological polar surface area (TPSA) is 63.9 Å². The molecule has 0 aliphatic carbocycles. The molecule has 1 fully saturated rings. The molecular formula is C14H17N5O. The van der Waals surface area contributed by atoms with Gasteiger partial charge in [-0.25, -0.2) is 4.68 Å². The van der Waals surface area contributed by atoms with E-state index in [0.29, 0.717) is 0 Å². The van der Waals surface area contributed by atoms with Crippen molar-refractivity contribution >= 4 is 5.91 Å². The highest BCUT2D eigenvalue weighted by Crippen LogP contribution is 2.32. The first kappa shape index (κ1) is 12.8. The number of benzene rings is 1. The fourth-order valence-electron chi connectivity index (χ4n) is 2.77. The minimum absolute atomic E-state index is 0.0707. The molecule has 2 heterocycles. The first-order valence-electron chi connectivity index (χ1n) is 6.81. The number of carbonyl (C=O) groups is 1. The Kier molecular flexibility index (Phi) is 3.45. The summed E-state index contributed by atoms with van der Waals surface area (Å²) in [6, 6.07) is 8.56. The van der Waals surface area contributed by atoms with Crippen LogP contribution in [0.1, 0.15) is 30.0 Å². The van der Waals surface area contributed by atoms with Gasteiger partial charge in [0.25, 0.3) is 0 Å². The number of hydrogen-bond acceptors (Lipinski definition) is 4. The summed E-state index contributed by atoms with van der Waals surface area (Å²) in [5, 5.41) is 10.9. The van der Waals surface area contributed by atoms with Crippen LogP contribution in [0.5, 0.6) is 0 Å². The summed E-state index contributed by atoms with van der Waals surface area (Å²) in [4.78, 5) is 14.3. The Bertz CT molecular complexity index is 595. The molecule has 0 spiro atoms. The Labute approximate surface area is 117 Å². The lowest BCUT2D eigenvalue weighted by molar-refractivity contribution is -0.133. The smallest absolute Gasteiger partial charge is 0.244 e. The molecule has 0 radical (unpaired) electrons. The highest BCUT2D eigenvalue weighted by Gasteiger charge is 2.30. The van der Waals surface area contributed by atoms with Gasteiger partial charge in [0.2, 0.25) is 5.91 Å². The fourth-order valence-corrected chi connectivity index (χ4v) is 2.77. The van der Waals surface area contributed by atoms with Crippen molar-refractivity contribution in [2.75, 3.05) is 6.54 Å². The molecular weight excluding hydrogens is 254 g/mol. The maximum absolute atomic E-state index is 12.4. The van der Waals surface area contributed by atoms with E-state index in [2.05, 4.69) is 40.6 Å². The van der Waals surface area contributed by atoms with E-state index in [1.807, 2.05) is 11.0 Å². The molecule has 104 valence electrons. The van der Waals surface area contributed by atoms with Crippen molar-refractivity contribution in [1.82, 2.24) is 25.1 Å². The number of tetrazole rings is 1. The Hall–Kier alpha value is -2.24. The number of nitrogens with zero attached hydrogens (tertiary/aromatic N) is 5. The van der Waals surface area contributed by atoms with Crippen molar-refractivity contribution in [3.63, 3.8) is 0 Å². The second-order valence-corrected chi connectivity index (χ2v) is 5.17. The van der Waals surface area contributed by atoms with E-state index < -0.39 is 0 Å². The lowest BCUT2D eigenvalue weighted by atomic mass is 10.0. The van der Waals surface area contributed by atoms with Gasteiger partial charge in [0.15, 0.2) is 0 Å². The summed E-state index contributed by atoms with van der Waals surface area (Å²) in [6.45, 7) is 3.08. The van der Waals surface area contributed by atoms with Crippen LogP contribution in [-0.2, 0) is 11.3 Å². The maximum Gasteiger partial charge on any atom is 0.244 e. The number of amides is 1. The Morgan fingerprint density at radius 2 is 2.35 bits per heavy atom. The van der Waals surface area contributed by atoms with Crippen LogP contribution in [0.4, 0.5) is 0 Å². The van der Waals surface area contributed by atoms with Crippen LogP contribution >= 0.6 is 0 Å². The first-order chi connectivity index (χ1) is 9.74. The van der Waals surface area contributed by atoms with Crippen LogP contribution in [0.15, 0.2) is 30.6 Å². The molecule has 6 heteroatoms. The average Bonchev–Trinajstić information content (AvgIpc) is 3.09. The quantitative estimate of drug-likeness (QED) is 0.845. The molecule has 0 bridgehead atoms. The largest absolute Gasteiger partial charge is 0.334 e. The summed E-state index contributed by atoms with van der Waals surface area (Å²) in [7, 11) is 0. The van der Waals surface area contributed by atoms with Gasteiger partial charge in [-0.1, -0.05) is 29.8 Å². The van der Waals surface area contributed by atoms with E-state index in [0.717, 1.165) is 19.4 Å². The summed E-state index contributed by atoms with van der Waals surface area (Å²) in [6.07, 6.45) is 3.53. The molecule has 1 aliphatic rings. The summed E-state index contributed by atoms with van der Waals surface area (Å²) in [5.41, 5.74) is 2.44. The van der Waals surface area contributed by atoms with E-state index in [9.17, 15) is 4.79 Å². The number of aryl methyl sites for hydroxylation is 1. The molecule has 1 aromatic heterocycles. The molecule has 1 aromatic carbocycles. The fraction of sp³-hybridized carbons (Fsp3) is 0.429. The van der Waals surface area contributed by atoms with Gasteiger partial charge in [0.1, 0.15) is 12.9 Å². The summed E-state index contributed by atoms with van der Waals surface area (Å²) >= 11 is 0. The van der Waals surface area contributed by atoms with Gasteiger partial charge in [-0.3, -0.25) is 4.79 Å². The predicted molar refractivity (Wildman–Crippen MR) is 72.7 cm³/mol. The SMILES string of the molecule is Cc1cccc(C2CCCN2C(=O)Cn2cnnn2)c1. The lowest BCUT2D eigenvalue weighted by Gasteiger charge is -2.25. The molecule has 0 N–H and O–H groups in total. The van der Waals surface area contributed by atoms with Crippen LogP contribution in [-0.4, -0.2) is 37.6 Å². The van der Waals surface area contributed by atoms with Gasteiger partial charge in [-0.05, 0) is 35.8 Å². The van der Waals surface area contributed by atoms with Crippen LogP contribution < -0.4 is 0 Å². The number of carbonyl (C=O) groups excluding carboxylic acids is 1. The van der Waals surface area contributed by atoms with E-state index >= 15 is 0 Å². The van der Waals surface area contributed by atoms with E-state index in [1.54, 1.807) is 0 Å². The summed E-state index contributed by atoms with van der Waals surface area (Å²) in [5.74, 6) is 0.0707. The third kappa shape index (κ3) is 2.54. The highest BCUT2D eigenvalue weighted by atomic mass is 16.2. The van der Waals surface area contributed by atoms with Crippen molar-refractivity contribution < 1.29 is 4.79 Å². The van der Waals surface area contributed by atoms with Crippen LogP contribution in [0, 0.1) is 6.92 Å². The number of likely N-dealkylation sites (tertiary alicyclic amines) is 1.